The number of carbonyl (C=O) groups excluding carboxylic acids is 1. The van der Waals surface area contributed by atoms with Gasteiger partial charge in [-0.15, -0.1) is 0 Å². The highest BCUT2D eigenvalue weighted by molar-refractivity contribution is 6.05. The molecule has 4 nitrogen and oxygen atoms in total. The molecule has 1 amide bonds. The van der Waals surface area contributed by atoms with E-state index in [1.165, 1.54) is 0 Å². The summed E-state index contributed by atoms with van der Waals surface area (Å²) in [7, 11) is 1.93. The van der Waals surface area contributed by atoms with E-state index in [0.717, 1.165) is 28.1 Å². The van der Waals surface area contributed by atoms with Gasteiger partial charge in [-0.05, 0) is 51.1 Å². The van der Waals surface area contributed by atoms with Crippen molar-refractivity contribution in [2.24, 2.45) is 0 Å². The molecule has 2 aromatic rings. The maximum absolute atomic E-state index is 12.0. The molecule has 1 aromatic carbocycles. The smallest absolute Gasteiger partial charge is 0.234 e. The Balaban J connectivity index is 2.04. The predicted octanol–water partition coefficient (Wildman–Crippen LogP) is 3.13. The van der Waals surface area contributed by atoms with Gasteiger partial charge in [-0.2, -0.15) is 0 Å². The second-order valence-electron chi connectivity index (χ2n) is 6.10. The van der Waals surface area contributed by atoms with Gasteiger partial charge >= 0.3 is 0 Å². The number of carbonyl (C=O) groups is 1. The lowest BCUT2D eigenvalue weighted by Gasteiger charge is -2.19. The number of hydrogen-bond donors (Lipinski definition) is 2. The van der Waals surface area contributed by atoms with E-state index in [1.807, 2.05) is 46.0 Å². The standard InChI is InChI=1S/C17H20N2O2/c1-10-7-12(9-21-10)15(18-4)11-5-6-14-13(8-11)17(2,3)16(20)19-14/h5-9,15,18H,1-4H3,(H,19,20). The molecular weight excluding hydrogens is 264 g/mol. The van der Waals surface area contributed by atoms with Crippen LogP contribution in [0.2, 0.25) is 0 Å². The Morgan fingerprint density at radius 1 is 1.24 bits per heavy atom. The third kappa shape index (κ3) is 2.16. The molecule has 0 fully saturated rings. The zero-order valence-corrected chi connectivity index (χ0v) is 12.8. The maximum Gasteiger partial charge on any atom is 0.234 e. The largest absolute Gasteiger partial charge is 0.469 e. The van der Waals surface area contributed by atoms with E-state index in [1.54, 1.807) is 6.26 Å². The van der Waals surface area contributed by atoms with Gasteiger partial charge in [0.25, 0.3) is 0 Å². The molecule has 0 aliphatic carbocycles. The molecule has 1 aliphatic heterocycles. The van der Waals surface area contributed by atoms with E-state index in [0.29, 0.717) is 0 Å². The molecule has 4 heteroatoms. The molecule has 21 heavy (non-hydrogen) atoms. The lowest BCUT2D eigenvalue weighted by Crippen LogP contribution is -2.27. The number of aryl methyl sites for hydroxylation is 1. The first-order valence-electron chi connectivity index (χ1n) is 7.11. The first-order valence-corrected chi connectivity index (χ1v) is 7.11. The molecule has 0 saturated heterocycles. The first-order chi connectivity index (χ1) is 9.93. The summed E-state index contributed by atoms with van der Waals surface area (Å²) < 4.78 is 5.41. The number of fused-ring (bicyclic) bond motifs is 1. The van der Waals surface area contributed by atoms with Gasteiger partial charge in [-0.1, -0.05) is 12.1 Å². The second-order valence-corrected chi connectivity index (χ2v) is 6.10. The summed E-state index contributed by atoms with van der Waals surface area (Å²) in [6.45, 7) is 5.84. The molecule has 1 aliphatic rings. The van der Waals surface area contributed by atoms with Gasteiger partial charge in [0.15, 0.2) is 0 Å². The summed E-state index contributed by atoms with van der Waals surface area (Å²) in [6.07, 6.45) is 1.78. The zero-order chi connectivity index (χ0) is 15.2. The van der Waals surface area contributed by atoms with Crippen LogP contribution in [0.25, 0.3) is 0 Å². The van der Waals surface area contributed by atoms with Crippen LogP contribution in [0.3, 0.4) is 0 Å². The van der Waals surface area contributed by atoms with Gasteiger partial charge in [0.1, 0.15) is 5.76 Å². The molecule has 1 unspecified atom stereocenters. The lowest BCUT2D eigenvalue weighted by atomic mass is 9.84. The molecule has 2 heterocycles. The number of amides is 1. The van der Waals surface area contributed by atoms with E-state index >= 15 is 0 Å². The van der Waals surface area contributed by atoms with Gasteiger partial charge in [-0.3, -0.25) is 4.79 Å². The summed E-state index contributed by atoms with van der Waals surface area (Å²) in [6, 6.07) is 8.22. The van der Waals surface area contributed by atoms with E-state index in [4.69, 9.17) is 4.42 Å². The van der Waals surface area contributed by atoms with E-state index in [-0.39, 0.29) is 11.9 Å². The fourth-order valence-electron chi connectivity index (χ4n) is 2.91. The van der Waals surface area contributed by atoms with Gasteiger partial charge in [0.05, 0.1) is 17.7 Å². The van der Waals surface area contributed by atoms with Crippen LogP contribution in [0.15, 0.2) is 34.9 Å². The van der Waals surface area contributed by atoms with Crippen molar-refractivity contribution >= 4 is 11.6 Å². The number of furan rings is 1. The van der Waals surface area contributed by atoms with Crippen LogP contribution in [0.4, 0.5) is 5.69 Å². The Kier molecular flexibility index (Phi) is 3.14. The van der Waals surface area contributed by atoms with Crippen LogP contribution in [-0.2, 0) is 10.2 Å². The summed E-state index contributed by atoms with van der Waals surface area (Å²) >= 11 is 0. The molecular formula is C17H20N2O2. The number of rotatable bonds is 3. The molecule has 0 saturated carbocycles. The van der Waals surface area contributed by atoms with Gasteiger partial charge < -0.3 is 15.1 Å². The molecule has 0 spiro atoms. The molecule has 1 aromatic heterocycles. The van der Waals surface area contributed by atoms with E-state index < -0.39 is 5.41 Å². The highest BCUT2D eigenvalue weighted by Gasteiger charge is 2.38. The van der Waals surface area contributed by atoms with Crippen molar-refractivity contribution in [2.75, 3.05) is 12.4 Å². The Bertz CT molecular complexity index is 701. The Morgan fingerprint density at radius 3 is 2.62 bits per heavy atom. The van der Waals surface area contributed by atoms with Crippen molar-refractivity contribution in [3.63, 3.8) is 0 Å². The number of benzene rings is 1. The van der Waals surface area contributed by atoms with Crippen molar-refractivity contribution in [1.82, 2.24) is 5.32 Å². The van der Waals surface area contributed by atoms with Crippen LogP contribution in [-0.4, -0.2) is 13.0 Å². The first kappa shape index (κ1) is 13.9. The van der Waals surface area contributed by atoms with Crippen LogP contribution < -0.4 is 10.6 Å². The van der Waals surface area contributed by atoms with Crippen LogP contribution in [0.1, 0.15) is 42.3 Å². The highest BCUT2D eigenvalue weighted by Crippen LogP contribution is 2.39. The van der Waals surface area contributed by atoms with Gasteiger partial charge in [0, 0.05) is 11.3 Å². The Morgan fingerprint density at radius 2 is 2.00 bits per heavy atom. The molecule has 0 radical (unpaired) electrons. The number of nitrogens with one attached hydrogen (secondary N) is 2. The van der Waals surface area contributed by atoms with Crippen molar-refractivity contribution in [1.29, 1.82) is 0 Å². The fraction of sp³-hybridized carbons (Fsp3) is 0.353. The second kappa shape index (κ2) is 4.74. The van der Waals surface area contributed by atoms with Crippen molar-refractivity contribution in [3.05, 3.63) is 53.0 Å². The molecule has 3 rings (SSSR count). The van der Waals surface area contributed by atoms with Gasteiger partial charge in [-0.25, -0.2) is 0 Å². The average molecular weight is 284 g/mol. The number of hydrogen-bond acceptors (Lipinski definition) is 3. The Labute approximate surface area is 124 Å². The minimum Gasteiger partial charge on any atom is -0.469 e. The van der Waals surface area contributed by atoms with Crippen molar-refractivity contribution in [2.45, 2.75) is 32.2 Å². The number of anilines is 1. The average Bonchev–Trinajstić information content (AvgIpc) is 2.95. The molecule has 110 valence electrons. The minimum absolute atomic E-state index is 0.0508. The minimum atomic E-state index is -0.490. The topological polar surface area (TPSA) is 54.3 Å². The van der Waals surface area contributed by atoms with E-state index in [2.05, 4.69) is 16.7 Å². The van der Waals surface area contributed by atoms with E-state index in [9.17, 15) is 4.79 Å². The van der Waals surface area contributed by atoms with Crippen LogP contribution in [0, 0.1) is 6.92 Å². The molecule has 2 N–H and O–H groups in total. The van der Waals surface area contributed by atoms with Crippen LogP contribution >= 0.6 is 0 Å². The maximum atomic E-state index is 12.0. The summed E-state index contributed by atoms with van der Waals surface area (Å²) in [5.41, 5.74) is 3.68. The normalized spacial score (nSPS) is 17.4. The zero-order valence-electron chi connectivity index (χ0n) is 12.8. The summed E-state index contributed by atoms with van der Waals surface area (Å²) in [5, 5.41) is 6.25. The fourth-order valence-corrected chi connectivity index (χ4v) is 2.91. The third-order valence-corrected chi connectivity index (χ3v) is 4.24. The van der Waals surface area contributed by atoms with Crippen LogP contribution in [0.5, 0.6) is 0 Å². The third-order valence-electron chi connectivity index (χ3n) is 4.24. The monoisotopic (exact) mass is 284 g/mol. The molecule has 1 atom stereocenters. The highest BCUT2D eigenvalue weighted by atomic mass is 16.3. The van der Waals surface area contributed by atoms with Crippen molar-refractivity contribution in [3.8, 4) is 0 Å². The summed E-state index contributed by atoms with van der Waals surface area (Å²) in [5.74, 6) is 0.943. The Hall–Kier alpha value is -2.07. The predicted molar refractivity (Wildman–Crippen MR) is 82.4 cm³/mol. The SMILES string of the molecule is CNC(c1coc(C)c1)c1ccc2c(c1)C(C)(C)C(=O)N2. The lowest BCUT2D eigenvalue weighted by molar-refractivity contribution is -0.119. The van der Waals surface area contributed by atoms with Crippen molar-refractivity contribution < 1.29 is 9.21 Å². The van der Waals surface area contributed by atoms with Gasteiger partial charge in [0.2, 0.25) is 5.91 Å². The molecule has 0 bridgehead atoms. The summed E-state index contributed by atoms with van der Waals surface area (Å²) in [4.78, 5) is 12.0. The quantitative estimate of drug-likeness (QED) is 0.910.